The van der Waals surface area contributed by atoms with Crippen LogP contribution in [-0.4, -0.2) is 50.8 Å². The molecule has 4 heteroatoms. The van der Waals surface area contributed by atoms with Crippen molar-refractivity contribution in [2.75, 3.05) is 40.4 Å². The molecule has 1 heterocycles. The smallest absolute Gasteiger partial charge is 0.106 e. The first-order valence-electron chi connectivity index (χ1n) is 7.52. The zero-order valence-corrected chi connectivity index (χ0v) is 12.7. The van der Waals surface area contributed by atoms with Crippen molar-refractivity contribution in [2.45, 2.75) is 44.6 Å². The summed E-state index contributed by atoms with van der Waals surface area (Å²) in [6.45, 7) is 6.15. The minimum Gasteiger partial charge on any atom is -0.381 e. The maximum Gasteiger partial charge on any atom is 0.106 e. The van der Waals surface area contributed by atoms with Crippen molar-refractivity contribution >= 4 is 0 Å². The molecule has 0 saturated carbocycles. The van der Waals surface area contributed by atoms with Gasteiger partial charge in [-0.05, 0) is 58.7 Å². The summed E-state index contributed by atoms with van der Waals surface area (Å²) in [6.07, 6.45) is 5.25. The quantitative estimate of drug-likeness (QED) is 0.731. The summed E-state index contributed by atoms with van der Waals surface area (Å²) in [5.74, 6) is 0.787. The molecule has 1 aliphatic heterocycles. The number of ether oxygens (including phenoxy) is 1. The number of nitriles is 1. The third-order valence-electron chi connectivity index (χ3n) is 4.35. The van der Waals surface area contributed by atoms with Crippen molar-refractivity contribution in [3.05, 3.63) is 0 Å². The van der Waals surface area contributed by atoms with E-state index in [1.165, 1.54) is 12.8 Å². The predicted octanol–water partition coefficient (Wildman–Crippen LogP) is 2.02. The Morgan fingerprint density at radius 2 is 2.11 bits per heavy atom. The van der Waals surface area contributed by atoms with Gasteiger partial charge in [-0.3, -0.25) is 0 Å². The van der Waals surface area contributed by atoms with Crippen LogP contribution in [0.25, 0.3) is 0 Å². The fourth-order valence-electron chi connectivity index (χ4n) is 2.78. The van der Waals surface area contributed by atoms with Crippen LogP contribution in [0.15, 0.2) is 0 Å². The Balaban J connectivity index is 2.22. The first-order valence-corrected chi connectivity index (χ1v) is 7.52. The van der Waals surface area contributed by atoms with E-state index in [9.17, 15) is 5.26 Å². The van der Waals surface area contributed by atoms with E-state index in [1.54, 1.807) is 0 Å². The van der Waals surface area contributed by atoms with Crippen LogP contribution in [0.2, 0.25) is 0 Å². The Morgan fingerprint density at radius 3 is 2.63 bits per heavy atom. The Morgan fingerprint density at radius 1 is 1.42 bits per heavy atom. The first-order chi connectivity index (χ1) is 9.15. The zero-order chi connectivity index (χ0) is 14.1. The van der Waals surface area contributed by atoms with E-state index in [-0.39, 0.29) is 5.54 Å². The standard InChI is InChI=1S/C15H29N3O/c1-4-15(13-16,17-2)8-5-9-18(3)12-14-6-10-19-11-7-14/h14,17H,4-12H2,1-3H3. The topological polar surface area (TPSA) is 48.3 Å². The maximum absolute atomic E-state index is 9.26. The second-order valence-electron chi connectivity index (χ2n) is 5.72. The first kappa shape index (κ1) is 16.4. The number of hydrogen-bond donors (Lipinski definition) is 1. The van der Waals surface area contributed by atoms with Crippen LogP contribution in [0.1, 0.15) is 39.0 Å². The SMILES string of the molecule is CCC(C#N)(CCCN(C)CC1CCOCC1)NC. The Kier molecular flexibility index (Phi) is 7.37. The molecular weight excluding hydrogens is 238 g/mol. The van der Waals surface area contributed by atoms with Crippen molar-refractivity contribution in [2.24, 2.45) is 5.92 Å². The molecule has 1 atom stereocenters. The van der Waals surface area contributed by atoms with Crippen molar-refractivity contribution in [1.82, 2.24) is 10.2 Å². The van der Waals surface area contributed by atoms with Crippen LogP contribution >= 0.6 is 0 Å². The van der Waals surface area contributed by atoms with E-state index in [1.807, 2.05) is 7.05 Å². The van der Waals surface area contributed by atoms with Gasteiger partial charge in [0.15, 0.2) is 0 Å². The van der Waals surface area contributed by atoms with Crippen molar-refractivity contribution in [3.8, 4) is 6.07 Å². The van der Waals surface area contributed by atoms with Gasteiger partial charge in [-0.25, -0.2) is 0 Å². The van der Waals surface area contributed by atoms with Gasteiger partial charge in [0.1, 0.15) is 5.54 Å². The molecule has 0 bridgehead atoms. The minimum absolute atomic E-state index is 0.334. The average molecular weight is 267 g/mol. The average Bonchev–Trinajstić information content (AvgIpc) is 2.45. The molecule has 0 aromatic rings. The molecule has 0 spiro atoms. The highest BCUT2D eigenvalue weighted by atomic mass is 16.5. The summed E-state index contributed by atoms with van der Waals surface area (Å²) in [5, 5.41) is 12.4. The van der Waals surface area contributed by atoms with Crippen molar-refractivity contribution < 1.29 is 4.74 Å². The monoisotopic (exact) mass is 267 g/mol. The molecule has 0 aliphatic carbocycles. The summed E-state index contributed by atoms with van der Waals surface area (Å²) in [6, 6.07) is 2.42. The number of nitrogens with one attached hydrogen (secondary N) is 1. The van der Waals surface area contributed by atoms with Gasteiger partial charge in [-0.2, -0.15) is 5.26 Å². The van der Waals surface area contributed by atoms with Crippen LogP contribution in [0.3, 0.4) is 0 Å². The van der Waals surface area contributed by atoms with Gasteiger partial charge >= 0.3 is 0 Å². The van der Waals surface area contributed by atoms with Crippen molar-refractivity contribution in [3.63, 3.8) is 0 Å². The van der Waals surface area contributed by atoms with Gasteiger partial charge < -0.3 is 15.0 Å². The van der Waals surface area contributed by atoms with Gasteiger partial charge in [0.2, 0.25) is 0 Å². The molecule has 0 radical (unpaired) electrons. The Hall–Kier alpha value is -0.630. The zero-order valence-electron chi connectivity index (χ0n) is 12.7. The molecule has 4 nitrogen and oxygen atoms in total. The molecular formula is C15H29N3O. The van der Waals surface area contributed by atoms with Crippen LogP contribution in [0, 0.1) is 17.2 Å². The molecule has 1 rings (SSSR count). The van der Waals surface area contributed by atoms with E-state index in [0.717, 1.165) is 51.5 Å². The van der Waals surface area contributed by atoms with E-state index in [2.05, 4.69) is 30.3 Å². The Bertz CT molecular complexity index is 278. The highest BCUT2D eigenvalue weighted by molar-refractivity contribution is 5.05. The molecule has 0 aromatic heterocycles. The third-order valence-corrected chi connectivity index (χ3v) is 4.35. The van der Waals surface area contributed by atoms with Crippen LogP contribution in [0.5, 0.6) is 0 Å². The lowest BCUT2D eigenvalue weighted by Gasteiger charge is -2.29. The fourth-order valence-corrected chi connectivity index (χ4v) is 2.78. The van der Waals surface area contributed by atoms with Crippen molar-refractivity contribution in [1.29, 1.82) is 5.26 Å². The largest absolute Gasteiger partial charge is 0.381 e. The Labute approximate surface area is 118 Å². The van der Waals surface area contributed by atoms with Gasteiger partial charge in [0.25, 0.3) is 0 Å². The van der Waals surface area contributed by atoms with Gasteiger partial charge in [-0.1, -0.05) is 6.92 Å². The highest BCUT2D eigenvalue weighted by Gasteiger charge is 2.25. The normalized spacial score (nSPS) is 20.2. The molecule has 0 aromatic carbocycles. The van der Waals surface area contributed by atoms with Gasteiger partial charge in [-0.15, -0.1) is 0 Å². The highest BCUT2D eigenvalue weighted by Crippen LogP contribution is 2.18. The third kappa shape index (κ3) is 5.48. The van der Waals surface area contributed by atoms with Gasteiger partial charge in [0.05, 0.1) is 6.07 Å². The van der Waals surface area contributed by atoms with Crippen LogP contribution in [0.4, 0.5) is 0 Å². The molecule has 19 heavy (non-hydrogen) atoms. The molecule has 1 fully saturated rings. The van der Waals surface area contributed by atoms with Gasteiger partial charge in [0, 0.05) is 19.8 Å². The summed E-state index contributed by atoms with van der Waals surface area (Å²) >= 11 is 0. The van der Waals surface area contributed by atoms with Crippen LogP contribution in [-0.2, 0) is 4.74 Å². The van der Waals surface area contributed by atoms with E-state index >= 15 is 0 Å². The maximum atomic E-state index is 9.26. The lowest BCUT2D eigenvalue weighted by Crippen LogP contribution is -2.41. The number of rotatable bonds is 8. The number of hydrogen-bond acceptors (Lipinski definition) is 4. The lowest BCUT2D eigenvalue weighted by atomic mass is 9.92. The summed E-state index contributed by atoms with van der Waals surface area (Å²) in [7, 11) is 4.08. The number of nitrogens with zero attached hydrogens (tertiary/aromatic N) is 2. The summed E-state index contributed by atoms with van der Waals surface area (Å²) in [4.78, 5) is 2.41. The van der Waals surface area contributed by atoms with E-state index in [4.69, 9.17) is 4.74 Å². The molecule has 110 valence electrons. The second-order valence-corrected chi connectivity index (χ2v) is 5.72. The molecule has 1 unspecified atom stereocenters. The lowest BCUT2D eigenvalue weighted by molar-refractivity contribution is 0.0554. The van der Waals surface area contributed by atoms with E-state index < -0.39 is 0 Å². The fraction of sp³-hybridized carbons (Fsp3) is 0.933. The molecule has 1 saturated heterocycles. The molecule has 1 N–H and O–H groups in total. The summed E-state index contributed by atoms with van der Waals surface area (Å²) in [5.41, 5.74) is -0.334. The van der Waals surface area contributed by atoms with E-state index in [0.29, 0.717) is 0 Å². The summed E-state index contributed by atoms with van der Waals surface area (Å²) < 4.78 is 5.39. The van der Waals surface area contributed by atoms with Crippen LogP contribution < -0.4 is 5.32 Å². The molecule has 1 aliphatic rings. The second kappa shape index (κ2) is 8.52. The molecule has 0 amide bonds. The predicted molar refractivity (Wildman–Crippen MR) is 78.0 cm³/mol. The minimum atomic E-state index is -0.334.